The maximum absolute atomic E-state index is 14.3. The molecule has 4 nitrogen and oxygen atoms in total. The lowest BCUT2D eigenvalue weighted by Crippen LogP contribution is -2.38. The molecule has 2 amide bonds. The summed E-state index contributed by atoms with van der Waals surface area (Å²) in [5, 5.41) is 0. The molecule has 0 aliphatic carbocycles. The molecule has 0 N–H and O–H groups in total. The molecule has 2 aromatic rings. The van der Waals surface area contributed by atoms with Gasteiger partial charge in [0.2, 0.25) is 5.91 Å². The molecule has 0 aromatic heterocycles. The fraction of sp³-hybridized carbons (Fsp3) is 0.440. The average Bonchev–Trinajstić information content (AvgIpc) is 2.73. The second kappa shape index (κ2) is 10.5. The Bertz CT molecular complexity index is 909. The van der Waals surface area contributed by atoms with E-state index < -0.39 is 23.1 Å². The highest BCUT2D eigenvalue weighted by molar-refractivity contribution is 5.96. The summed E-state index contributed by atoms with van der Waals surface area (Å²) in [6.45, 7) is 4.95. The van der Waals surface area contributed by atoms with Gasteiger partial charge in [-0.15, -0.1) is 0 Å². The van der Waals surface area contributed by atoms with Crippen molar-refractivity contribution in [1.29, 1.82) is 0 Å². The Morgan fingerprint density at radius 1 is 0.839 bits per heavy atom. The van der Waals surface area contributed by atoms with Crippen LogP contribution in [0.5, 0.6) is 0 Å². The maximum Gasteiger partial charge on any atom is 0.260 e. The first-order valence-corrected chi connectivity index (χ1v) is 11.0. The van der Waals surface area contributed by atoms with E-state index in [1.165, 1.54) is 11.0 Å². The molecule has 1 aliphatic rings. The lowest BCUT2D eigenvalue weighted by atomic mass is 10.0. The van der Waals surface area contributed by atoms with Crippen molar-refractivity contribution in [2.45, 2.75) is 52.5 Å². The minimum absolute atomic E-state index is 0.0301. The zero-order chi connectivity index (χ0) is 22.4. The van der Waals surface area contributed by atoms with Crippen LogP contribution in [-0.2, 0) is 11.3 Å². The first-order valence-electron chi connectivity index (χ1n) is 11.0. The summed E-state index contributed by atoms with van der Waals surface area (Å²) in [4.78, 5) is 29.4. The van der Waals surface area contributed by atoms with Crippen LogP contribution in [0.4, 0.5) is 14.5 Å². The Labute approximate surface area is 182 Å². The smallest absolute Gasteiger partial charge is 0.260 e. The number of benzene rings is 2. The Morgan fingerprint density at radius 2 is 1.45 bits per heavy atom. The molecule has 3 rings (SSSR count). The van der Waals surface area contributed by atoms with E-state index in [1.54, 1.807) is 4.90 Å². The van der Waals surface area contributed by atoms with E-state index >= 15 is 0 Å². The second-order valence-corrected chi connectivity index (χ2v) is 8.36. The maximum atomic E-state index is 14.3. The van der Waals surface area contributed by atoms with Crippen molar-refractivity contribution in [3.63, 3.8) is 0 Å². The van der Waals surface area contributed by atoms with Gasteiger partial charge >= 0.3 is 0 Å². The molecule has 0 atom stereocenters. The first-order chi connectivity index (χ1) is 14.9. The van der Waals surface area contributed by atoms with Crippen LogP contribution >= 0.6 is 0 Å². The molecule has 0 saturated carbocycles. The van der Waals surface area contributed by atoms with Gasteiger partial charge in [0, 0.05) is 31.2 Å². The molecule has 31 heavy (non-hydrogen) atoms. The fourth-order valence-corrected chi connectivity index (χ4v) is 3.99. The molecule has 0 radical (unpaired) electrons. The van der Waals surface area contributed by atoms with Crippen LogP contribution in [0, 0.1) is 17.6 Å². The molecule has 0 bridgehead atoms. The van der Waals surface area contributed by atoms with Gasteiger partial charge in [0.1, 0.15) is 17.2 Å². The van der Waals surface area contributed by atoms with Crippen molar-refractivity contribution >= 4 is 17.5 Å². The summed E-state index contributed by atoms with van der Waals surface area (Å²) in [5.41, 5.74) is 1.03. The third-order valence-electron chi connectivity index (χ3n) is 5.68. The molecule has 0 saturated heterocycles. The largest absolute Gasteiger partial charge is 0.334 e. The Kier molecular flexibility index (Phi) is 7.77. The van der Waals surface area contributed by atoms with Gasteiger partial charge in [-0.1, -0.05) is 57.4 Å². The summed E-state index contributed by atoms with van der Waals surface area (Å²) in [5.74, 6) is -2.51. The Hall–Kier alpha value is -2.76. The van der Waals surface area contributed by atoms with E-state index in [1.807, 2.05) is 38.1 Å². The molecular formula is C25H30F2N2O2. The van der Waals surface area contributed by atoms with Crippen molar-refractivity contribution in [1.82, 2.24) is 4.90 Å². The standard InChI is InChI=1S/C25H30F2N2O2/c1-18(2)24(30)29-16-9-5-3-4-8-15-28(17-19-11-6-7-14-22(19)29)25(31)23-20(26)12-10-13-21(23)27/h6-7,10-14,18H,3-5,8-9,15-17H2,1-2H3. The van der Waals surface area contributed by atoms with Gasteiger partial charge in [0.15, 0.2) is 0 Å². The number of amides is 2. The number of fused-ring (bicyclic) bond motifs is 1. The van der Waals surface area contributed by atoms with Gasteiger partial charge in [0.25, 0.3) is 5.91 Å². The van der Waals surface area contributed by atoms with Crippen LogP contribution in [0.25, 0.3) is 0 Å². The van der Waals surface area contributed by atoms with E-state index in [9.17, 15) is 18.4 Å². The van der Waals surface area contributed by atoms with Crippen molar-refractivity contribution in [3.8, 4) is 0 Å². The highest BCUT2D eigenvalue weighted by Crippen LogP contribution is 2.27. The van der Waals surface area contributed by atoms with Crippen LogP contribution in [0.15, 0.2) is 42.5 Å². The number of anilines is 1. The van der Waals surface area contributed by atoms with Crippen LogP contribution in [-0.4, -0.2) is 29.8 Å². The number of halogens is 2. The van der Waals surface area contributed by atoms with Gasteiger partial charge in [-0.3, -0.25) is 9.59 Å². The van der Waals surface area contributed by atoms with Gasteiger partial charge in [0.05, 0.1) is 0 Å². The van der Waals surface area contributed by atoms with Crippen molar-refractivity contribution in [2.75, 3.05) is 18.0 Å². The molecule has 1 aliphatic heterocycles. The number of para-hydroxylation sites is 1. The summed E-state index contributed by atoms with van der Waals surface area (Å²) in [7, 11) is 0. The summed E-state index contributed by atoms with van der Waals surface area (Å²) in [6.07, 6.45) is 4.57. The minimum atomic E-state index is -0.860. The minimum Gasteiger partial charge on any atom is -0.334 e. The van der Waals surface area contributed by atoms with Crippen LogP contribution in [0.3, 0.4) is 0 Å². The number of hydrogen-bond donors (Lipinski definition) is 0. The van der Waals surface area contributed by atoms with Crippen LogP contribution in [0.1, 0.15) is 61.9 Å². The summed E-state index contributed by atoms with van der Waals surface area (Å²) in [6, 6.07) is 10.9. The lowest BCUT2D eigenvalue weighted by Gasteiger charge is -2.30. The van der Waals surface area contributed by atoms with E-state index in [2.05, 4.69) is 0 Å². The quantitative estimate of drug-likeness (QED) is 0.628. The number of carbonyl (C=O) groups is 2. The number of hydrogen-bond acceptors (Lipinski definition) is 2. The van der Waals surface area contributed by atoms with Gasteiger partial charge in [-0.05, 0) is 36.6 Å². The van der Waals surface area contributed by atoms with E-state index in [0.717, 1.165) is 55.5 Å². The van der Waals surface area contributed by atoms with Crippen molar-refractivity contribution < 1.29 is 18.4 Å². The average molecular weight is 429 g/mol. The predicted octanol–water partition coefficient (Wildman–Crippen LogP) is 5.56. The van der Waals surface area contributed by atoms with Gasteiger partial charge < -0.3 is 9.80 Å². The molecule has 1 heterocycles. The fourth-order valence-electron chi connectivity index (χ4n) is 3.99. The summed E-state index contributed by atoms with van der Waals surface area (Å²) < 4.78 is 28.6. The highest BCUT2D eigenvalue weighted by atomic mass is 19.1. The molecule has 166 valence electrons. The normalized spacial score (nSPS) is 15.8. The lowest BCUT2D eigenvalue weighted by molar-refractivity contribution is -0.121. The Balaban J connectivity index is 2.00. The van der Waals surface area contributed by atoms with Gasteiger partial charge in [-0.2, -0.15) is 0 Å². The van der Waals surface area contributed by atoms with Crippen LogP contribution < -0.4 is 4.90 Å². The highest BCUT2D eigenvalue weighted by Gasteiger charge is 2.26. The van der Waals surface area contributed by atoms with E-state index in [-0.39, 0.29) is 18.4 Å². The first kappa shape index (κ1) is 22.9. The number of carbonyl (C=O) groups excluding carboxylic acids is 2. The monoisotopic (exact) mass is 428 g/mol. The topological polar surface area (TPSA) is 40.6 Å². The summed E-state index contributed by atoms with van der Waals surface area (Å²) >= 11 is 0. The van der Waals surface area contributed by atoms with Gasteiger partial charge in [-0.25, -0.2) is 8.78 Å². The molecular weight excluding hydrogens is 398 g/mol. The third kappa shape index (κ3) is 5.49. The number of nitrogens with zero attached hydrogens (tertiary/aromatic N) is 2. The third-order valence-corrected chi connectivity index (χ3v) is 5.68. The van der Waals surface area contributed by atoms with Crippen molar-refractivity contribution in [3.05, 3.63) is 65.2 Å². The number of rotatable bonds is 2. The van der Waals surface area contributed by atoms with Crippen LogP contribution in [0.2, 0.25) is 0 Å². The predicted molar refractivity (Wildman–Crippen MR) is 118 cm³/mol. The SMILES string of the molecule is CC(C)C(=O)N1CCCCCCCN(C(=O)c2c(F)cccc2F)Cc2ccccc21. The second-order valence-electron chi connectivity index (χ2n) is 8.36. The molecule has 0 spiro atoms. The molecule has 0 unspecified atom stereocenters. The Morgan fingerprint density at radius 3 is 2.13 bits per heavy atom. The van der Waals surface area contributed by atoms with E-state index in [0.29, 0.717) is 13.1 Å². The molecule has 2 aromatic carbocycles. The molecule has 0 fully saturated rings. The zero-order valence-corrected chi connectivity index (χ0v) is 18.2. The zero-order valence-electron chi connectivity index (χ0n) is 18.2. The van der Waals surface area contributed by atoms with E-state index in [4.69, 9.17) is 0 Å². The molecule has 6 heteroatoms. The van der Waals surface area contributed by atoms with Crippen molar-refractivity contribution in [2.24, 2.45) is 5.92 Å².